The number of nitrogens with zero attached hydrogens (tertiary/aromatic N) is 3. The van der Waals surface area contributed by atoms with E-state index in [1.165, 1.54) is 12.1 Å². The Morgan fingerprint density at radius 3 is 2.89 bits per heavy atom. The van der Waals surface area contributed by atoms with Crippen molar-refractivity contribution in [2.45, 2.75) is 19.3 Å². The molecule has 7 heteroatoms. The van der Waals surface area contributed by atoms with Crippen LogP contribution < -0.4 is 0 Å². The second kappa shape index (κ2) is 5.05. The van der Waals surface area contributed by atoms with E-state index in [1.54, 1.807) is 6.07 Å². The second-order valence-corrected chi connectivity index (χ2v) is 4.26. The van der Waals surface area contributed by atoms with Crippen LogP contribution in [0.1, 0.15) is 18.7 Å². The summed E-state index contributed by atoms with van der Waals surface area (Å²) >= 11 is 0. The Bertz CT molecular complexity index is 648. The highest BCUT2D eigenvalue weighted by atomic mass is 16.6. The van der Waals surface area contributed by atoms with E-state index in [0.717, 1.165) is 11.3 Å². The van der Waals surface area contributed by atoms with Gasteiger partial charge < -0.3 is 9.67 Å². The molecule has 0 fully saturated rings. The number of hydrogen-bond acceptors (Lipinski definition) is 4. The van der Waals surface area contributed by atoms with Crippen LogP contribution in [0.5, 0.6) is 0 Å². The van der Waals surface area contributed by atoms with Gasteiger partial charge in [0.25, 0.3) is 5.69 Å². The first-order valence-corrected chi connectivity index (χ1v) is 5.80. The largest absolute Gasteiger partial charge is 0.481 e. The Labute approximate surface area is 108 Å². The van der Waals surface area contributed by atoms with Crippen LogP contribution in [0.15, 0.2) is 18.2 Å². The lowest BCUT2D eigenvalue weighted by molar-refractivity contribution is -0.384. The van der Waals surface area contributed by atoms with Gasteiger partial charge >= 0.3 is 5.97 Å². The predicted molar refractivity (Wildman–Crippen MR) is 67.9 cm³/mol. The Morgan fingerprint density at radius 1 is 1.53 bits per heavy atom. The number of imidazole rings is 1. The zero-order valence-electron chi connectivity index (χ0n) is 10.4. The summed E-state index contributed by atoms with van der Waals surface area (Å²) in [7, 11) is 1.82. The topological polar surface area (TPSA) is 98.3 Å². The fourth-order valence-corrected chi connectivity index (χ4v) is 1.97. The van der Waals surface area contributed by atoms with Crippen LogP contribution in [-0.2, 0) is 18.3 Å². The molecule has 0 aliphatic carbocycles. The smallest absolute Gasteiger partial charge is 0.303 e. The first kappa shape index (κ1) is 13.0. The van der Waals surface area contributed by atoms with E-state index in [0.29, 0.717) is 18.4 Å². The summed E-state index contributed by atoms with van der Waals surface area (Å²) in [6, 6.07) is 4.52. The van der Waals surface area contributed by atoms with Crippen molar-refractivity contribution in [3.05, 3.63) is 34.1 Å². The van der Waals surface area contributed by atoms with Crippen molar-refractivity contribution in [3.63, 3.8) is 0 Å². The van der Waals surface area contributed by atoms with Crippen molar-refractivity contribution < 1.29 is 14.8 Å². The van der Waals surface area contributed by atoms with Gasteiger partial charge in [-0.05, 0) is 12.5 Å². The van der Waals surface area contributed by atoms with Crippen LogP contribution in [0, 0.1) is 10.1 Å². The predicted octanol–water partition coefficient (Wildman–Crippen LogP) is 1.89. The number of non-ortho nitro benzene ring substituents is 1. The lowest BCUT2D eigenvalue weighted by Gasteiger charge is -2.00. The van der Waals surface area contributed by atoms with E-state index in [9.17, 15) is 14.9 Å². The van der Waals surface area contributed by atoms with Crippen LogP contribution in [-0.4, -0.2) is 25.6 Å². The van der Waals surface area contributed by atoms with E-state index in [-0.39, 0.29) is 12.1 Å². The zero-order valence-corrected chi connectivity index (χ0v) is 10.4. The van der Waals surface area contributed by atoms with E-state index in [2.05, 4.69) is 4.98 Å². The highest BCUT2D eigenvalue weighted by molar-refractivity contribution is 5.78. The molecule has 2 rings (SSSR count). The molecular weight excluding hydrogens is 250 g/mol. The fraction of sp³-hybridized carbons (Fsp3) is 0.333. The highest BCUT2D eigenvalue weighted by Gasteiger charge is 2.12. The Morgan fingerprint density at radius 2 is 2.26 bits per heavy atom. The molecule has 1 aromatic carbocycles. The lowest BCUT2D eigenvalue weighted by atomic mass is 10.2. The van der Waals surface area contributed by atoms with E-state index < -0.39 is 10.9 Å². The van der Waals surface area contributed by atoms with Crippen LogP contribution in [0.25, 0.3) is 11.0 Å². The number of carbonyl (C=O) groups is 1. The summed E-state index contributed by atoms with van der Waals surface area (Å²) in [6.07, 6.45) is 1.11. The summed E-state index contributed by atoms with van der Waals surface area (Å²) in [5, 5.41) is 19.3. The first-order chi connectivity index (χ1) is 8.99. The number of carboxylic acid groups (broad SMARTS) is 1. The van der Waals surface area contributed by atoms with Crippen molar-refractivity contribution in [3.8, 4) is 0 Å². The number of carboxylic acids is 1. The summed E-state index contributed by atoms with van der Waals surface area (Å²) in [6.45, 7) is 0. The van der Waals surface area contributed by atoms with E-state index in [1.807, 2.05) is 11.6 Å². The van der Waals surface area contributed by atoms with Gasteiger partial charge in [-0.15, -0.1) is 0 Å². The van der Waals surface area contributed by atoms with Gasteiger partial charge in [-0.2, -0.15) is 0 Å². The molecule has 0 bridgehead atoms. The van der Waals surface area contributed by atoms with Gasteiger partial charge in [-0.3, -0.25) is 14.9 Å². The maximum absolute atomic E-state index is 10.7. The van der Waals surface area contributed by atoms with Gasteiger partial charge in [0, 0.05) is 32.0 Å². The maximum atomic E-state index is 10.7. The third-order valence-corrected chi connectivity index (χ3v) is 2.96. The molecule has 0 spiro atoms. The maximum Gasteiger partial charge on any atom is 0.303 e. The molecule has 0 atom stereocenters. The number of hydrogen-bond donors (Lipinski definition) is 1. The minimum Gasteiger partial charge on any atom is -0.481 e. The standard InChI is InChI=1S/C12H13N3O4/c1-14-10-6-5-8(15(18)19)7-9(10)13-11(14)3-2-4-12(16)17/h5-7H,2-4H2,1H3,(H,16,17). The minimum atomic E-state index is -0.839. The summed E-state index contributed by atoms with van der Waals surface area (Å²) in [5.74, 6) is -0.105. The van der Waals surface area contributed by atoms with Crippen LogP contribution >= 0.6 is 0 Å². The third-order valence-electron chi connectivity index (χ3n) is 2.96. The summed E-state index contributed by atoms with van der Waals surface area (Å²) in [4.78, 5) is 25.0. The van der Waals surface area contributed by atoms with Gasteiger partial charge in [-0.25, -0.2) is 4.98 Å². The summed E-state index contributed by atoms with van der Waals surface area (Å²) < 4.78 is 1.83. The van der Waals surface area contributed by atoms with Crippen molar-refractivity contribution >= 4 is 22.7 Å². The van der Waals surface area contributed by atoms with Crippen LogP contribution in [0.3, 0.4) is 0 Å². The molecule has 0 saturated heterocycles. The van der Waals surface area contributed by atoms with Gasteiger partial charge in [0.1, 0.15) is 5.82 Å². The molecule has 19 heavy (non-hydrogen) atoms. The van der Waals surface area contributed by atoms with E-state index in [4.69, 9.17) is 5.11 Å². The molecule has 0 radical (unpaired) electrons. The van der Waals surface area contributed by atoms with Crippen molar-refractivity contribution in [2.75, 3.05) is 0 Å². The molecule has 1 aromatic heterocycles. The number of aromatic nitrogens is 2. The number of nitro benzene ring substituents is 1. The van der Waals surface area contributed by atoms with Crippen LogP contribution in [0.4, 0.5) is 5.69 Å². The molecular formula is C12H13N3O4. The van der Waals surface area contributed by atoms with Crippen molar-refractivity contribution in [1.29, 1.82) is 0 Å². The molecule has 0 amide bonds. The molecule has 1 heterocycles. The molecule has 7 nitrogen and oxygen atoms in total. The van der Waals surface area contributed by atoms with Crippen molar-refractivity contribution in [2.24, 2.45) is 7.05 Å². The summed E-state index contributed by atoms with van der Waals surface area (Å²) in [5.41, 5.74) is 1.36. The molecule has 0 aliphatic heterocycles. The first-order valence-electron chi connectivity index (χ1n) is 5.80. The fourth-order valence-electron chi connectivity index (χ4n) is 1.97. The number of aliphatic carboxylic acids is 1. The highest BCUT2D eigenvalue weighted by Crippen LogP contribution is 2.21. The number of aryl methyl sites for hydroxylation is 2. The molecule has 0 aliphatic rings. The molecule has 100 valence electrons. The number of nitro groups is 1. The lowest BCUT2D eigenvalue weighted by Crippen LogP contribution is -2.01. The monoisotopic (exact) mass is 263 g/mol. The molecule has 0 unspecified atom stereocenters. The molecule has 2 aromatic rings. The van der Waals surface area contributed by atoms with Crippen molar-refractivity contribution in [1.82, 2.24) is 9.55 Å². The second-order valence-electron chi connectivity index (χ2n) is 4.26. The zero-order chi connectivity index (χ0) is 14.0. The normalized spacial score (nSPS) is 10.8. The minimum absolute atomic E-state index is 0.00249. The van der Waals surface area contributed by atoms with E-state index >= 15 is 0 Å². The SMILES string of the molecule is Cn1c(CCCC(=O)O)nc2cc([N+](=O)[O-])ccc21. The molecule has 1 N–H and O–H groups in total. The Hall–Kier alpha value is -2.44. The quantitative estimate of drug-likeness (QED) is 0.656. The number of benzene rings is 1. The average molecular weight is 263 g/mol. The Kier molecular flexibility index (Phi) is 3.46. The van der Waals surface area contributed by atoms with Gasteiger partial charge in [-0.1, -0.05) is 0 Å². The molecule has 0 saturated carbocycles. The number of rotatable bonds is 5. The number of fused-ring (bicyclic) bond motifs is 1. The van der Waals surface area contributed by atoms with Gasteiger partial charge in [0.2, 0.25) is 0 Å². The van der Waals surface area contributed by atoms with Gasteiger partial charge in [0.05, 0.1) is 16.0 Å². The third kappa shape index (κ3) is 2.70. The van der Waals surface area contributed by atoms with Gasteiger partial charge in [0.15, 0.2) is 0 Å². The average Bonchev–Trinajstić information content (AvgIpc) is 2.65. The Balaban J connectivity index is 2.28. The van der Waals surface area contributed by atoms with Crippen LogP contribution in [0.2, 0.25) is 0 Å².